The Bertz CT molecular complexity index is 10300. The fraction of sp³-hybridized carbons (Fsp3) is 0. The minimum absolute atomic E-state index is 0.569. The summed E-state index contributed by atoms with van der Waals surface area (Å²) in [5.74, 6) is 4.32. The van der Waals surface area contributed by atoms with E-state index >= 15 is 0 Å². The molecule has 0 saturated carbocycles. The molecule has 692 valence electrons. The molecule has 0 aliphatic heterocycles. The van der Waals surface area contributed by atoms with Crippen molar-refractivity contribution in [1.82, 2.24) is 67.3 Å². The largest absolute Gasteiger partial charge is 0.309 e. The van der Waals surface area contributed by atoms with E-state index in [2.05, 4.69) is 446 Å². The van der Waals surface area contributed by atoms with Crippen LogP contribution in [0.3, 0.4) is 0 Å². The number of para-hydroxylation sites is 10. The predicted molar refractivity (Wildman–Crippen MR) is 609 cm³/mol. The van der Waals surface area contributed by atoms with Crippen molar-refractivity contribution in [3.8, 4) is 125 Å². The highest BCUT2D eigenvalue weighted by atomic mass is 15.2. The first kappa shape index (κ1) is 85.7. The predicted octanol–water partition coefficient (Wildman–Crippen LogP) is 33.3. The summed E-state index contributed by atoms with van der Waals surface area (Å²) in [6, 6.07) is 183. The zero-order valence-corrected chi connectivity index (χ0v) is 79.9. The Kier molecular flexibility index (Phi) is 20.9. The number of hydrogen-bond donors (Lipinski definition) is 0. The van der Waals surface area contributed by atoms with Crippen LogP contribution in [-0.4, -0.2) is 67.3 Å². The molecule has 0 saturated heterocycles. The van der Waals surface area contributed by atoms with Crippen molar-refractivity contribution in [2.75, 3.05) is 0 Å². The Labute approximate surface area is 849 Å². The second-order valence-electron chi connectivity index (χ2n) is 37.2. The smallest absolute Gasteiger partial charge is 0.238 e. The highest BCUT2D eigenvalue weighted by Gasteiger charge is 2.30. The molecule has 0 radical (unpaired) electrons. The van der Waals surface area contributed by atoms with Gasteiger partial charge in [-0.25, -0.2) is 19.9 Å². The fourth-order valence-corrected chi connectivity index (χ4v) is 22.1. The number of benzene rings is 21. The summed E-state index contributed by atoms with van der Waals surface area (Å²) in [6.07, 6.45) is 0. The lowest BCUT2D eigenvalue weighted by Crippen LogP contribution is -2.07. The number of nitrogens with zero attached hydrogens (tertiary/aromatic N) is 14. The Balaban J connectivity index is 0.000000108. The van der Waals surface area contributed by atoms with Crippen molar-refractivity contribution < 1.29 is 0 Å². The van der Waals surface area contributed by atoms with Crippen molar-refractivity contribution in [2.45, 2.75) is 0 Å². The molecule has 0 N–H and O–H groups in total. The van der Waals surface area contributed by atoms with Crippen molar-refractivity contribution in [2.24, 2.45) is 0 Å². The molecule has 0 aliphatic rings. The molecule has 0 unspecified atom stereocenters. The maximum atomic E-state index is 5.42. The van der Waals surface area contributed by atoms with Gasteiger partial charge in [0, 0.05) is 120 Å². The molecule has 0 spiro atoms. The van der Waals surface area contributed by atoms with Crippen LogP contribution in [0.2, 0.25) is 0 Å². The zero-order valence-electron chi connectivity index (χ0n) is 79.9. The molecule has 30 aromatic rings. The van der Waals surface area contributed by atoms with Gasteiger partial charge in [-0.3, -0.25) is 13.7 Å². The Morgan fingerprint density at radius 2 is 0.405 bits per heavy atom. The Hall–Kier alpha value is -20.2. The Morgan fingerprint density at radius 3 is 0.811 bits per heavy atom. The van der Waals surface area contributed by atoms with E-state index in [1.165, 1.54) is 65.3 Å². The van der Waals surface area contributed by atoms with Crippen LogP contribution in [0, 0.1) is 0 Å². The molecule has 30 rings (SSSR count). The first-order valence-electron chi connectivity index (χ1n) is 49.9. The van der Waals surface area contributed by atoms with Crippen LogP contribution >= 0.6 is 0 Å². The summed E-state index contributed by atoms with van der Waals surface area (Å²) < 4.78 is 14.0. The van der Waals surface area contributed by atoms with Crippen molar-refractivity contribution >= 4 is 142 Å². The number of fused-ring (bicyclic) bond motifs is 22. The van der Waals surface area contributed by atoms with Gasteiger partial charge in [0.25, 0.3) is 0 Å². The van der Waals surface area contributed by atoms with Gasteiger partial charge in [0.15, 0.2) is 23.3 Å². The minimum Gasteiger partial charge on any atom is -0.309 e. The topological polar surface area (TPSA) is 133 Å². The molecule has 0 amide bonds. The SMILES string of the molecule is c1ccc(-c2ccc(-c3nc(-n4c5ccccc5c5ccc6c7ccccc7n(-c7ccccc7)c6c54)nc4ccccc34)cc2)cc1.c1ccc(-c2cccc(-c3cc4c(c5ccccc5n4-c4nc(-c5ccccc5)nc(-c5ccccc5)n4)c4c5ccccc5n(-c5ccccc5)c34)c2)cc1.c1ccc(-c2nc(-c3ccccc3)nc(-n3c4ccccc4c4ccc5c6ccccc6n(-c6ccccc6)c5c43)n2)cc1. The van der Waals surface area contributed by atoms with E-state index in [1.54, 1.807) is 0 Å². The number of rotatable bonds is 14. The summed E-state index contributed by atoms with van der Waals surface area (Å²) >= 11 is 0. The van der Waals surface area contributed by atoms with Gasteiger partial charge in [-0.1, -0.05) is 431 Å². The lowest BCUT2D eigenvalue weighted by molar-refractivity contribution is 0.953. The summed E-state index contributed by atoms with van der Waals surface area (Å²) in [4.78, 5) is 41.5. The van der Waals surface area contributed by atoms with E-state index in [1.807, 2.05) is 103 Å². The third-order valence-electron chi connectivity index (χ3n) is 28.7. The summed E-state index contributed by atoms with van der Waals surface area (Å²) in [5, 5.41) is 15.1. The quantitative estimate of drug-likeness (QED) is 0.105. The maximum absolute atomic E-state index is 5.42. The molecule has 9 heterocycles. The van der Waals surface area contributed by atoms with E-state index in [0.29, 0.717) is 41.1 Å². The standard InChI is InChI=1S/C51H33N5.C44H28N4.C39H25N5/c1-5-18-34(19-6-1)37-24-17-25-38(32-37)42-33-45-46(47-41-29-14-15-30-43(41)55(48(42)47)39-26-11-4-12-27-39)40-28-13-16-31-44(40)56(45)51-53-49(35-20-7-2-8-21-35)52-50(54-51)36-22-9-3-10-23-36;1-3-13-29(14-4-1)30-23-25-31(26-24-30)41-37-19-7-10-20-38(37)45-44(46-41)48-40-22-12-9-18-34(40)36-28-27-35-33-17-8-11-21-39(33)47(42(35)43(36)48)32-15-5-2-6-16-32;1-4-14-26(15-5-1)37-40-38(27-16-6-2-7-17-27)42-39(41-37)44-34-23-13-11-21-30(34)32-25-24-31-29-20-10-12-22-33(29)43(35(31)36(32)44)28-18-8-3-9-19-28/h1-33H;1-28H;1-25H. The van der Waals surface area contributed by atoms with Gasteiger partial charge >= 0.3 is 0 Å². The molecule has 9 aromatic heterocycles. The normalized spacial score (nSPS) is 11.6. The zero-order chi connectivity index (χ0) is 97.6. The first-order valence-corrected chi connectivity index (χ1v) is 49.9. The molecule has 21 aromatic carbocycles. The second-order valence-corrected chi connectivity index (χ2v) is 37.2. The molecule has 148 heavy (non-hydrogen) atoms. The molecule has 0 bridgehead atoms. The average molecular weight is 1890 g/mol. The van der Waals surface area contributed by atoms with Crippen molar-refractivity contribution in [3.63, 3.8) is 0 Å². The molecule has 0 atom stereocenters. The monoisotopic (exact) mass is 1890 g/mol. The molecular weight excluding hydrogens is 1810 g/mol. The third-order valence-corrected chi connectivity index (χ3v) is 28.7. The fourth-order valence-electron chi connectivity index (χ4n) is 22.1. The van der Waals surface area contributed by atoms with Gasteiger partial charge < -0.3 is 13.7 Å². The van der Waals surface area contributed by atoms with Crippen LogP contribution in [0.25, 0.3) is 267 Å². The van der Waals surface area contributed by atoms with Gasteiger partial charge in [-0.15, -0.1) is 0 Å². The van der Waals surface area contributed by atoms with E-state index < -0.39 is 0 Å². The van der Waals surface area contributed by atoms with Gasteiger partial charge in [0.2, 0.25) is 17.8 Å². The van der Waals surface area contributed by atoms with Crippen LogP contribution in [-0.2, 0) is 0 Å². The van der Waals surface area contributed by atoms with Gasteiger partial charge in [-0.2, -0.15) is 19.9 Å². The third kappa shape index (κ3) is 14.6. The molecular formula is C134H86N14. The molecule has 0 fully saturated rings. The highest BCUT2D eigenvalue weighted by molar-refractivity contribution is 6.32. The van der Waals surface area contributed by atoms with Gasteiger partial charge in [0.1, 0.15) is 0 Å². The number of aromatic nitrogens is 14. The molecule has 14 nitrogen and oxygen atoms in total. The maximum Gasteiger partial charge on any atom is 0.238 e. The minimum atomic E-state index is 0.569. The van der Waals surface area contributed by atoms with Crippen molar-refractivity contribution in [1.29, 1.82) is 0 Å². The van der Waals surface area contributed by atoms with E-state index in [9.17, 15) is 0 Å². The molecule has 0 aliphatic carbocycles. The van der Waals surface area contributed by atoms with E-state index in [0.717, 1.165) is 160 Å². The second kappa shape index (κ2) is 36.1. The van der Waals surface area contributed by atoms with Crippen molar-refractivity contribution in [3.05, 3.63) is 522 Å². The van der Waals surface area contributed by atoms with E-state index in [-0.39, 0.29) is 0 Å². The first-order chi connectivity index (χ1) is 73.5. The van der Waals surface area contributed by atoms with Crippen LogP contribution in [0.1, 0.15) is 0 Å². The van der Waals surface area contributed by atoms with Gasteiger partial charge in [0.05, 0.1) is 77.4 Å². The van der Waals surface area contributed by atoms with E-state index in [4.69, 9.17) is 39.9 Å². The van der Waals surface area contributed by atoms with Crippen LogP contribution in [0.15, 0.2) is 522 Å². The van der Waals surface area contributed by atoms with Gasteiger partial charge in [-0.05, 0) is 119 Å². The highest BCUT2D eigenvalue weighted by Crippen LogP contribution is 2.50. The summed E-state index contributed by atoms with van der Waals surface area (Å²) in [6.45, 7) is 0. The molecule has 14 heteroatoms. The average Bonchev–Trinajstić information content (AvgIpc) is 1.51. The number of hydrogen-bond acceptors (Lipinski definition) is 8. The summed E-state index contributed by atoms with van der Waals surface area (Å²) in [5.41, 5.74) is 30.1. The van der Waals surface area contributed by atoms with Crippen LogP contribution in [0.5, 0.6) is 0 Å². The summed E-state index contributed by atoms with van der Waals surface area (Å²) in [7, 11) is 0. The van der Waals surface area contributed by atoms with Crippen LogP contribution < -0.4 is 0 Å². The lowest BCUT2D eigenvalue weighted by Gasteiger charge is -2.15. The van der Waals surface area contributed by atoms with Crippen LogP contribution in [0.4, 0.5) is 0 Å². The Morgan fingerprint density at radius 1 is 0.135 bits per heavy atom. The lowest BCUT2D eigenvalue weighted by atomic mass is 9.95.